The van der Waals surface area contributed by atoms with E-state index < -0.39 is 0 Å². The predicted molar refractivity (Wildman–Crippen MR) is 56.6 cm³/mol. The van der Waals surface area contributed by atoms with Crippen LogP contribution in [0.25, 0.3) is 0 Å². The van der Waals surface area contributed by atoms with Gasteiger partial charge in [-0.05, 0) is 32.4 Å². The van der Waals surface area contributed by atoms with Crippen LogP contribution in [-0.2, 0) is 0 Å². The molecule has 0 aliphatic carbocycles. The monoisotopic (exact) mass is 188 g/mol. The van der Waals surface area contributed by atoms with Crippen LogP contribution in [0.4, 0.5) is 0 Å². The molecule has 1 saturated heterocycles. The second kappa shape index (κ2) is 4.49. The van der Waals surface area contributed by atoms with Gasteiger partial charge in [0.05, 0.1) is 0 Å². The smallest absolute Gasteiger partial charge is 0.0256 e. The molecule has 0 radical (unpaired) electrons. The van der Waals surface area contributed by atoms with E-state index in [9.17, 15) is 0 Å². The Bertz CT molecular complexity index is 132. The summed E-state index contributed by atoms with van der Waals surface area (Å²) in [6, 6.07) is 0.461. The van der Waals surface area contributed by atoms with Gasteiger partial charge in [-0.25, -0.2) is 0 Å². The van der Waals surface area contributed by atoms with Gasteiger partial charge in [0.15, 0.2) is 0 Å². The second-order valence-corrected chi connectivity index (χ2v) is 5.60. The zero-order chi connectivity index (χ0) is 9.03. The van der Waals surface area contributed by atoms with Gasteiger partial charge >= 0.3 is 0 Å². The Morgan fingerprint density at radius 3 is 2.92 bits per heavy atom. The number of rotatable bonds is 4. The molecular formula is C9H20N2S. The number of hydrogen-bond acceptors (Lipinski definition) is 3. The Kier molecular flexibility index (Phi) is 3.87. The number of hydrogen-bond donors (Lipinski definition) is 2. The van der Waals surface area contributed by atoms with E-state index in [0.717, 1.165) is 13.1 Å². The minimum atomic E-state index is 0.461. The molecule has 0 spiro atoms. The van der Waals surface area contributed by atoms with Crippen LogP contribution in [0.3, 0.4) is 0 Å². The van der Waals surface area contributed by atoms with Crippen molar-refractivity contribution in [1.82, 2.24) is 5.32 Å². The van der Waals surface area contributed by atoms with E-state index in [1.54, 1.807) is 0 Å². The third kappa shape index (κ3) is 2.96. The van der Waals surface area contributed by atoms with Crippen molar-refractivity contribution in [2.75, 3.05) is 18.8 Å². The maximum absolute atomic E-state index is 5.53. The molecule has 1 aliphatic heterocycles. The Hall–Kier alpha value is 0.270. The van der Waals surface area contributed by atoms with Crippen molar-refractivity contribution < 1.29 is 0 Å². The first kappa shape index (κ1) is 10.4. The highest BCUT2D eigenvalue weighted by Crippen LogP contribution is 2.36. The van der Waals surface area contributed by atoms with E-state index in [1.165, 1.54) is 18.6 Å². The van der Waals surface area contributed by atoms with Gasteiger partial charge in [0, 0.05) is 23.9 Å². The van der Waals surface area contributed by atoms with Crippen LogP contribution >= 0.6 is 11.8 Å². The van der Waals surface area contributed by atoms with Crippen molar-refractivity contribution in [2.24, 2.45) is 5.73 Å². The first-order valence-electron chi connectivity index (χ1n) is 4.74. The van der Waals surface area contributed by atoms with Crippen LogP contribution < -0.4 is 11.1 Å². The minimum Gasteiger partial charge on any atom is -0.329 e. The summed E-state index contributed by atoms with van der Waals surface area (Å²) in [7, 11) is 0. The Labute approximate surface area is 79.7 Å². The van der Waals surface area contributed by atoms with Crippen LogP contribution in [0.2, 0.25) is 0 Å². The zero-order valence-electron chi connectivity index (χ0n) is 8.10. The van der Waals surface area contributed by atoms with Gasteiger partial charge in [-0.1, -0.05) is 0 Å². The van der Waals surface area contributed by atoms with Crippen molar-refractivity contribution in [3.05, 3.63) is 0 Å². The lowest BCUT2D eigenvalue weighted by molar-refractivity contribution is 0.484. The second-order valence-electron chi connectivity index (χ2n) is 3.92. The van der Waals surface area contributed by atoms with E-state index >= 15 is 0 Å². The highest BCUT2D eigenvalue weighted by molar-refractivity contribution is 8.00. The van der Waals surface area contributed by atoms with E-state index in [-0.39, 0.29) is 0 Å². The fourth-order valence-corrected chi connectivity index (χ4v) is 2.71. The average molecular weight is 188 g/mol. The summed E-state index contributed by atoms with van der Waals surface area (Å²) in [5.74, 6) is 1.33. The molecule has 2 nitrogen and oxygen atoms in total. The molecule has 0 bridgehead atoms. The van der Waals surface area contributed by atoms with Crippen LogP contribution in [0.15, 0.2) is 0 Å². The lowest BCUT2D eigenvalue weighted by atomic mass is 10.1. The van der Waals surface area contributed by atoms with Crippen molar-refractivity contribution >= 4 is 11.8 Å². The van der Waals surface area contributed by atoms with Gasteiger partial charge < -0.3 is 11.1 Å². The third-order valence-electron chi connectivity index (χ3n) is 2.48. The van der Waals surface area contributed by atoms with E-state index in [1.807, 2.05) is 0 Å². The van der Waals surface area contributed by atoms with Crippen molar-refractivity contribution in [2.45, 2.75) is 37.5 Å². The summed E-state index contributed by atoms with van der Waals surface area (Å²) in [5.41, 5.74) is 5.53. The summed E-state index contributed by atoms with van der Waals surface area (Å²) in [4.78, 5) is 0. The van der Waals surface area contributed by atoms with Crippen molar-refractivity contribution in [3.63, 3.8) is 0 Å². The third-order valence-corrected chi connectivity index (χ3v) is 4.02. The summed E-state index contributed by atoms with van der Waals surface area (Å²) in [5, 5.41) is 3.47. The molecule has 0 aromatic heterocycles. The molecule has 3 heteroatoms. The summed E-state index contributed by atoms with van der Waals surface area (Å²) < 4.78 is 0.476. The van der Waals surface area contributed by atoms with Gasteiger partial charge in [0.1, 0.15) is 0 Å². The van der Waals surface area contributed by atoms with Crippen molar-refractivity contribution in [1.29, 1.82) is 0 Å². The predicted octanol–water partition coefficient (Wildman–Crippen LogP) is 1.21. The molecule has 0 amide bonds. The number of nitrogens with two attached hydrogens (primary N) is 1. The lowest BCUT2D eigenvalue weighted by Gasteiger charge is -2.25. The SMILES string of the molecule is CC(CN)NCC1(C)CCCS1. The first-order valence-corrected chi connectivity index (χ1v) is 5.72. The first-order chi connectivity index (χ1) is 5.66. The molecular weight excluding hydrogens is 168 g/mol. The molecule has 0 aromatic rings. The molecule has 12 heavy (non-hydrogen) atoms. The minimum absolute atomic E-state index is 0.461. The summed E-state index contributed by atoms with van der Waals surface area (Å²) in [6.45, 7) is 6.33. The van der Waals surface area contributed by atoms with Gasteiger partial charge in [-0.3, -0.25) is 0 Å². The van der Waals surface area contributed by atoms with E-state index in [2.05, 4.69) is 30.9 Å². The summed E-state index contributed by atoms with van der Waals surface area (Å²) in [6.07, 6.45) is 2.72. The van der Waals surface area contributed by atoms with E-state index in [4.69, 9.17) is 5.73 Å². The number of nitrogens with one attached hydrogen (secondary N) is 1. The molecule has 0 saturated carbocycles. The van der Waals surface area contributed by atoms with Crippen LogP contribution in [0.1, 0.15) is 26.7 Å². The highest BCUT2D eigenvalue weighted by atomic mass is 32.2. The molecule has 1 heterocycles. The standard InChI is InChI=1S/C9H20N2S/c1-8(6-10)11-7-9(2)4-3-5-12-9/h8,11H,3-7,10H2,1-2H3. The molecule has 0 aromatic carbocycles. The molecule has 3 N–H and O–H groups in total. The molecule has 72 valence electrons. The van der Waals surface area contributed by atoms with Gasteiger partial charge in [0.2, 0.25) is 0 Å². The van der Waals surface area contributed by atoms with E-state index in [0.29, 0.717) is 10.8 Å². The van der Waals surface area contributed by atoms with Gasteiger partial charge in [0.25, 0.3) is 0 Å². The topological polar surface area (TPSA) is 38.0 Å². The quantitative estimate of drug-likeness (QED) is 0.696. The molecule has 2 unspecified atom stereocenters. The highest BCUT2D eigenvalue weighted by Gasteiger charge is 2.29. The molecule has 1 fully saturated rings. The lowest BCUT2D eigenvalue weighted by Crippen LogP contribution is -2.41. The largest absolute Gasteiger partial charge is 0.329 e. The van der Waals surface area contributed by atoms with Gasteiger partial charge in [-0.2, -0.15) is 11.8 Å². The summed E-state index contributed by atoms with van der Waals surface area (Å²) >= 11 is 2.09. The van der Waals surface area contributed by atoms with Crippen LogP contribution in [0.5, 0.6) is 0 Å². The maximum atomic E-state index is 5.53. The zero-order valence-corrected chi connectivity index (χ0v) is 8.91. The van der Waals surface area contributed by atoms with Gasteiger partial charge in [-0.15, -0.1) is 0 Å². The average Bonchev–Trinajstić information content (AvgIpc) is 2.49. The Morgan fingerprint density at radius 1 is 1.67 bits per heavy atom. The Balaban J connectivity index is 2.21. The van der Waals surface area contributed by atoms with Crippen LogP contribution in [0, 0.1) is 0 Å². The van der Waals surface area contributed by atoms with Crippen molar-refractivity contribution in [3.8, 4) is 0 Å². The molecule has 1 aliphatic rings. The fourth-order valence-electron chi connectivity index (χ4n) is 1.45. The maximum Gasteiger partial charge on any atom is 0.0256 e. The number of thioether (sulfide) groups is 1. The fraction of sp³-hybridized carbons (Fsp3) is 1.00. The Morgan fingerprint density at radius 2 is 2.42 bits per heavy atom. The normalized spacial score (nSPS) is 32.2. The molecule has 2 atom stereocenters. The molecule has 1 rings (SSSR count). The van der Waals surface area contributed by atoms with Crippen LogP contribution in [-0.4, -0.2) is 29.6 Å².